The monoisotopic (exact) mass is 552 g/mol. The van der Waals surface area contributed by atoms with Gasteiger partial charge in [0.1, 0.15) is 23.9 Å². The van der Waals surface area contributed by atoms with E-state index in [1.807, 2.05) is 36.4 Å². The molecule has 40 heavy (non-hydrogen) atoms. The Labute approximate surface area is 233 Å². The Hall–Kier alpha value is -3.48. The maximum absolute atomic E-state index is 15.1. The minimum atomic E-state index is -2.99. The lowest BCUT2D eigenvalue weighted by molar-refractivity contribution is -0.137. The number of halogens is 3. The molecule has 2 saturated carbocycles. The van der Waals surface area contributed by atoms with Crippen molar-refractivity contribution >= 4 is 5.97 Å². The molecule has 1 N–H and O–H groups in total. The van der Waals surface area contributed by atoms with E-state index in [1.165, 1.54) is 18.2 Å². The average molecular weight is 553 g/mol. The first-order valence-electron chi connectivity index (χ1n) is 13.9. The highest BCUT2D eigenvalue weighted by molar-refractivity contribution is 5.71. The standard InChI is InChI=1S/C33H35F3O4/c1-33(2)14-4-7-29(33)27-15-20(8-12-25(27)28-17-24(40-32(35)36)11-13-30(28)34)19-39-23-6-3-5-22(16-23)26(18-31(37)38)21-9-10-21/h3,5-6,8,11-13,15-17,21,26,29,32H,4,7,9-10,14,18-19H2,1-2H3,(H,37,38)/t26-,29+/m1/s1. The van der Waals surface area contributed by atoms with Crippen molar-refractivity contribution < 1.29 is 32.5 Å². The minimum Gasteiger partial charge on any atom is -0.489 e. The van der Waals surface area contributed by atoms with Gasteiger partial charge in [-0.25, -0.2) is 4.39 Å². The largest absolute Gasteiger partial charge is 0.489 e. The Morgan fingerprint density at radius 3 is 2.48 bits per heavy atom. The minimum absolute atomic E-state index is 0.00190. The summed E-state index contributed by atoms with van der Waals surface area (Å²) in [5, 5.41) is 9.38. The molecule has 0 aromatic heterocycles. The molecule has 212 valence electrons. The van der Waals surface area contributed by atoms with Gasteiger partial charge in [-0.15, -0.1) is 0 Å². The van der Waals surface area contributed by atoms with E-state index in [9.17, 15) is 18.7 Å². The fourth-order valence-corrected chi connectivity index (χ4v) is 6.27. The zero-order valence-corrected chi connectivity index (χ0v) is 22.8. The van der Waals surface area contributed by atoms with Crippen LogP contribution in [0, 0.1) is 17.2 Å². The number of carbonyl (C=O) groups is 1. The Bertz CT molecular complexity index is 1370. The predicted octanol–water partition coefficient (Wildman–Crippen LogP) is 8.94. The number of carboxylic acid groups (broad SMARTS) is 1. The molecule has 3 aromatic carbocycles. The summed E-state index contributed by atoms with van der Waals surface area (Å²) < 4.78 is 51.5. The number of ether oxygens (including phenoxy) is 2. The Morgan fingerprint density at radius 2 is 1.80 bits per heavy atom. The molecular formula is C33H35F3O4. The summed E-state index contributed by atoms with van der Waals surface area (Å²) in [4.78, 5) is 11.4. The van der Waals surface area contributed by atoms with Crippen LogP contribution in [0.1, 0.15) is 80.9 Å². The average Bonchev–Trinajstić information content (AvgIpc) is 3.69. The van der Waals surface area contributed by atoms with Crippen LogP contribution in [0.5, 0.6) is 11.5 Å². The zero-order chi connectivity index (χ0) is 28.4. The van der Waals surface area contributed by atoms with Crippen molar-refractivity contribution in [3.63, 3.8) is 0 Å². The van der Waals surface area contributed by atoms with Crippen molar-refractivity contribution in [3.8, 4) is 22.6 Å². The molecular weight excluding hydrogens is 517 g/mol. The summed E-state index contributed by atoms with van der Waals surface area (Å²) in [6, 6.07) is 17.2. The molecule has 0 bridgehead atoms. The van der Waals surface area contributed by atoms with E-state index in [2.05, 4.69) is 24.7 Å². The number of benzene rings is 3. The Balaban J connectivity index is 1.43. The molecule has 0 saturated heterocycles. The van der Waals surface area contributed by atoms with Crippen LogP contribution in [0.4, 0.5) is 13.2 Å². The molecule has 0 radical (unpaired) electrons. The van der Waals surface area contributed by atoms with E-state index in [-0.39, 0.29) is 41.6 Å². The SMILES string of the molecule is CC1(C)CCC[C@H]1c1cc(COc2cccc([C@H](CC(=O)O)C3CC3)c2)ccc1-c1cc(OC(F)F)ccc1F. The van der Waals surface area contributed by atoms with E-state index < -0.39 is 18.4 Å². The van der Waals surface area contributed by atoms with Crippen molar-refractivity contribution in [1.82, 2.24) is 0 Å². The molecule has 2 fully saturated rings. The number of aliphatic carboxylic acids is 1. The van der Waals surface area contributed by atoms with E-state index in [0.29, 0.717) is 17.2 Å². The van der Waals surface area contributed by atoms with Gasteiger partial charge in [-0.05, 0) is 101 Å². The van der Waals surface area contributed by atoms with Gasteiger partial charge in [0.2, 0.25) is 0 Å². The van der Waals surface area contributed by atoms with Gasteiger partial charge in [-0.3, -0.25) is 4.79 Å². The number of hydrogen-bond donors (Lipinski definition) is 1. The van der Waals surface area contributed by atoms with Crippen LogP contribution < -0.4 is 9.47 Å². The molecule has 0 aliphatic heterocycles. The van der Waals surface area contributed by atoms with Gasteiger partial charge in [0.05, 0.1) is 6.42 Å². The predicted molar refractivity (Wildman–Crippen MR) is 147 cm³/mol. The Morgan fingerprint density at radius 1 is 1.00 bits per heavy atom. The first kappa shape index (κ1) is 28.1. The van der Waals surface area contributed by atoms with Gasteiger partial charge < -0.3 is 14.6 Å². The van der Waals surface area contributed by atoms with E-state index >= 15 is 4.39 Å². The van der Waals surface area contributed by atoms with Gasteiger partial charge in [-0.2, -0.15) is 8.78 Å². The van der Waals surface area contributed by atoms with Gasteiger partial charge in [-0.1, -0.05) is 50.6 Å². The molecule has 0 amide bonds. The number of hydrogen-bond acceptors (Lipinski definition) is 3. The highest BCUT2D eigenvalue weighted by Gasteiger charge is 2.37. The smallest absolute Gasteiger partial charge is 0.387 e. The van der Waals surface area contributed by atoms with E-state index in [4.69, 9.17) is 4.74 Å². The van der Waals surface area contributed by atoms with Crippen LogP contribution >= 0.6 is 0 Å². The third-order valence-corrected chi connectivity index (χ3v) is 8.48. The Kier molecular flexibility index (Phi) is 8.11. The summed E-state index contributed by atoms with van der Waals surface area (Å²) in [6.45, 7) is 1.72. The van der Waals surface area contributed by atoms with Gasteiger partial charge in [0, 0.05) is 5.56 Å². The molecule has 2 atom stereocenters. The molecule has 7 heteroatoms. The number of rotatable bonds is 11. The lowest BCUT2D eigenvalue weighted by Gasteiger charge is -2.30. The fraction of sp³-hybridized carbons (Fsp3) is 0.424. The summed E-state index contributed by atoms with van der Waals surface area (Å²) in [6.07, 6.45) is 5.25. The van der Waals surface area contributed by atoms with E-state index in [1.54, 1.807) is 0 Å². The first-order valence-corrected chi connectivity index (χ1v) is 13.9. The van der Waals surface area contributed by atoms with Crippen molar-refractivity contribution in [2.75, 3.05) is 0 Å². The molecule has 3 aromatic rings. The lowest BCUT2D eigenvalue weighted by atomic mass is 9.75. The van der Waals surface area contributed by atoms with Crippen molar-refractivity contribution in [3.05, 3.63) is 83.2 Å². The van der Waals surface area contributed by atoms with Crippen LogP contribution in [0.2, 0.25) is 0 Å². The molecule has 0 heterocycles. The second-order valence-corrected chi connectivity index (χ2v) is 11.8. The number of carboxylic acids is 1. The second kappa shape index (κ2) is 11.6. The summed E-state index contributed by atoms with van der Waals surface area (Å²) in [7, 11) is 0. The van der Waals surface area contributed by atoms with Crippen molar-refractivity contribution in [1.29, 1.82) is 0 Å². The quantitative estimate of drug-likeness (QED) is 0.258. The lowest BCUT2D eigenvalue weighted by Crippen LogP contribution is -2.17. The zero-order valence-electron chi connectivity index (χ0n) is 22.8. The van der Waals surface area contributed by atoms with Crippen LogP contribution in [-0.2, 0) is 11.4 Å². The first-order chi connectivity index (χ1) is 19.1. The van der Waals surface area contributed by atoms with Gasteiger partial charge in [0.15, 0.2) is 0 Å². The molecule has 0 spiro atoms. The van der Waals surface area contributed by atoms with Crippen LogP contribution in [-0.4, -0.2) is 17.7 Å². The second-order valence-electron chi connectivity index (χ2n) is 11.8. The third kappa shape index (κ3) is 6.45. The molecule has 0 unspecified atom stereocenters. The molecule has 4 nitrogen and oxygen atoms in total. The highest BCUT2D eigenvalue weighted by Crippen LogP contribution is 2.51. The molecule has 2 aliphatic rings. The fourth-order valence-electron chi connectivity index (χ4n) is 6.27. The normalized spacial score (nSPS) is 19.0. The van der Waals surface area contributed by atoms with Crippen LogP contribution in [0.25, 0.3) is 11.1 Å². The maximum atomic E-state index is 15.1. The highest BCUT2D eigenvalue weighted by atomic mass is 19.3. The van der Waals surface area contributed by atoms with Gasteiger partial charge >= 0.3 is 12.6 Å². The maximum Gasteiger partial charge on any atom is 0.387 e. The topological polar surface area (TPSA) is 55.8 Å². The summed E-state index contributed by atoms with van der Waals surface area (Å²) >= 11 is 0. The molecule has 2 aliphatic carbocycles. The van der Waals surface area contributed by atoms with Crippen molar-refractivity contribution in [2.45, 2.75) is 77.4 Å². The third-order valence-electron chi connectivity index (χ3n) is 8.48. The van der Waals surface area contributed by atoms with Crippen LogP contribution in [0.15, 0.2) is 60.7 Å². The van der Waals surface area contributed by atoms with E-state index in [0.717, 1.165) is 48.8 Å². The van der Waals surface area contributed by atoms with Crippen LogP contribution in [0.3, 0.4) is 0 Å². The summed E-state index contributed by atoms with van der Waals surface area (Å²) in [5.74, 6) is -0.150. The number of alkyl halides is 2. The molecule has 5 rings (SSSR count). The summed E-state index contributed by atoms with van der Waals surface area (Å²) in [5.41, 5.74) is 3.77. The van der Waals surface area contributed by atoms with Crippen molar-refractivity contribution in [2.24, 2.45) is 11.3 Å². The van der Waals surface area contributed by atoms with Gasteiger partial charge in [0.25, 0.3) is 0 Å².